The third-order valence-corrected chi connectivity index (χ3v) is 18.1. The van der Waals surface area contributed by atoms with E-state index in [1.165, 1.54) is 149 Å². The van der Waals surface area contributed by atoms with E-state index in [4.69, 9.17) is 28.4 Å². The summed E-state index contributed by atoms with van der Waals surface area (Å²) in [6.45, 7) is 22.5. The van der Waals surface area contributed by atoms with E-state index >= 15 is 0 Å². The molecule has 10 aromatic rings. The largest absolute Gasteiger partial charge is 0.494 e. The van der Waals surface area contributed by atoms with E-state index in [9.17, 15) is 0 Å². The fraction of sp³-hybridized carbons (Fsp3) is 0.317. The standard InChI is InChI=1S/C43H48O2.C39H40O4/c1-5-7-9-13-27-44-35-22-18-33(19-23-35)43(34-20-24-36(25-21-34)45-28-14-10-8-6-2)40-29-31(3)17-26-39(40)42-38-16-12-11-15-37(38)32(4)30-41(42)43;1-5-40-21-23-42-31-16-12-29(13-17-31)39(30-14-18-32(19-15-30)43-24-22-41-6-2)36-25-27(3)11-20-35(36)38-34-10-8-7-9-33(34)28(4)26-37(38)39/h11-12,15-26,29-30H,5-10,13-14,27-28H2,1-4H3;7-20,25-26H,5-6,21-24H2,1-4H3. The highest BCUT2D eigenvalue weighted by Crippen LogP contribution is 2.60. The summed E-state index contributed by atoms with van der Waals surface area (Å²) in [4.78, 5) is 0. The number of benzene rings is 10. The van der Waals surface area contributed by atoms with E-state index in [0.717, 1.165) is 49.1 Å². The minimum absolute atomic E-state index is 0.467. The monoisotopic (exact) mass is 1170 g/mol. The first-order chi connectivity index (χ1) is 43.1. The van der Waals surface area contributed by atoms with Crippen LogP contribution in [-0.2, 0) is 20.3 Å². The van der Waals surface area contributed by atoms with Crippen molar-refractivity contribution in [3.8, 4) is 45.3 Å². The van der Waals surface area contributed by atoms with Crippen molar-refractivity contribution >= 4 is 21.5 Å². The van der Waals surface area contributed by atoms with Gasteiger partial charge in [-0.05, 0) is 202 Å². The normalized spacial score (nSPS) is 13.1. The highest BCUT2D eigenvalue weighted by molar-refractivity contribution is 6.07. The molecule has 2 aliphatic carbocycles. The molecular formula is C82H88O6. The Bertz CT molecular complexity index is 3840. The lowest BCUT2D eigenvalue weighted by atomic mass is 9.67. The van der Waals surface area contributed by atoms with Crippen LogP contribution in [0.3, 0.4) is 0 Å². The Morgan fingerprint density at radius 3 is 0.955 bits per heavy atom. The van der Waals surface area contributed by atoms with Crippen molar-refractivity contribution in [3.05, 3.63) is 261 Å². The second-order valence-electron chi connectivity index (χ2n) is 23.9. The van der Waals surface area contributed by atoms with Crippen LogP contribution in [0.2, 0.25) is 0 Å². The summed E-state index contributed by atoms with van der Waals surface area (Å²) in [5.41, 5.74) is 19.6. The number of unbranched alkanes of at least 4 members (excludes halogenated alkanes) is 6. The van der Waals surface area contributed by atoms with Crippen molar-refractivity contribution < 1.29 is 28.4 Å². The molecule has 0 fully saturated rings. The van der Waals surface area contributed by atoms with Crippen LogP contribution in [0, 0.1) is 27.7 Å². The number of hydrogen-bond donors (Lipinski definition) is 0. The molecule has 452 valence electrons. The molecule has 10 aromatic carbocycles. The summed E-state index contributed by atoms with van der Waals surface area (Å²) in [6.07, 6.45) is 9.63. The van der Waals surface area contributed by atoms with E-state index < -0.39 is 10.8 Å². The van der Waals surface area contributed by atoms with Crippen LogP contribution in [0.1, 0.15) is 146 Å². The van der Waals surface area contributed by atoms with E-state index in [0.29, 0.717) is 39.6 Å². The van der Waals surface area contributed by atoms with Gasteiger partial charge in [0.25, 0.3) is 0 Å². The van der Waals surface area contributed by atoms with E-state index in [1.807, 2.05) is 13.8 Å². The van der Waals surface area contributed by atoms with Crippen molar-refractivity contribution in [1.82, 2.24) is 0 Å². The van der Waals surface area contributed by atoms with Gasteiger partial charge in [-0.15, -0.1) is 0 Å². The highest BCUT2D eigenvalue weighted by Gasteiger charge is 2.49. The Morgan fingerprint density at radius 1 is 0.295 bits per heavy atom. The van der Waals surface area contributed by atoms with Gasteiger partial charge in [0.1, 0.15) is 36.2 Å². The summed E-state index contributed by atoms with van der Waals surface area (Å²) in [5.74, 6) is 3.56. The third kappa shape index (κ3) is 12.2. The number of rotatable bonds is 26. The van der Waals surface area contributed by atoms with E-state index in [2.05, 4.69) is 236 Å². The van der Waals surface area contributed by atoms with Gasteiger partial charge < -0.3 is 28.4 Å². The maximum absolute atomic E-state index is 6.20. The second-order valence-corrected chi connectivity index (χ2v) is 23.9. The van der Waals surface area contributed by atoms with Gasteiger partial charge in [-0.3, -0.25) is 0 Å². The van der Waals surface area contributed by atoms with Crippen molar-refractivity contribution in [2.45, 2.75) is 118 Å². The Balaban J connectivity index is 0.000000182. The lowest BCUT2D eigenvalue weighted by Crippen LogP contribution is -2.28. The van der Waals surface area contributed by atoms with Gasteiger partial charge in [-0.2, -0.15) is 0 Å². The van der Waals surface area contributed by atoms with Crippen LogP contribution < -0.4 is 18.9 Å². The molecule has 0 saturated heterocycles. The molecule has 0 aliphatic heterocycles. The SMILES string of the molecule is CCCCCCOc1ccc(C2(c3ccc(OCCCCCC)cc3)c3cc(C)ccc3-c3c2cc(C)c2ccccc32)cc1.CCOCCOc1ccc(C2(c3ccc(OCCOCC)cc3)c3cc(C)ccc3-c3c2cc(C)c2ccccc32)cc1. The predicted octanol–water partition coefficient (Wildman–Crippen LogP) is 20.4. The van der Waals surface area contributed by atoms with Crippen molar-refractivity contribution in [2.75, 3.05) is 52.9 Å². The van der Waals surface area contributed by atoms with Crippen LogP contribution in [0.25, 0.3) is 43.8 Å². The minimum Gasteiger partial charge on any atom is -0.494 e. The topological polar surface area (TPSA) is 55.4 Å². The summed E-state index contributed by atoms with van der Waals surface area (Å²) in [7, 11) is 0. The zero-order valence-electron chi connectivity index (χ0n) is 53.2. The smallest absolute Gasteiger partial charge is 0.119 e. The summed E-state index contributed by atoms with van der Waals surface area (Å²) >= 11 is 0. The van der Waals surface area contributed by atoms with Crippen molar-refractivity contribution in [3.63, 3.8) is 0 Å². The Hall–Kier alpha value is -8.16. The summed E-state index contributed by atoms with van der Waals surface area (Å²) < 4.78 is 35.4. The molecule has 6 heteroatoms. The zero-order valence-corrected chi connectivity index (χ0v) is 53.2. The lowest BCUT2D eigenvalue weighted by Gasteiger charge is -2.34. The van der Waals surface area contributed by atoms with Crippen molar-refractivity contribution in [2.24, 2.45) is 0 Å². The van der Waals surface area contributed by atoms with Gasteiger partial charge in [0.15, 0.2) is 0 Å². The quantitative estimate of drug-likeness (QED) is 0.0504. The molecule has 0 N–H and O–H groups in total. The van der Waals surface area contributed by atoms with Crippen LogP contribution in [0.15, 0.2) is 194 Å². The summed E-state index contributed by atoms with van der Waals surface area (Å²) in [5, 5.41) is 5.21. The van der Waals surface area contributed by atoms with E-state index in [1.54, 1.807) is 0 Å². The predicted molar refractivity (Wildman–Crippen MR) is 365 cm³/mol. The van der Waals surface area contributed by atoms with Gasteiger partial charge >= 0.3 is 0 Å². The fourth-order valence-electron chi connectivity index (χ4n) is 13.9. The van der Waals surface area contributed by atoms with E-state index in [-0.39, 0.29) is 0 Å². The molecule has 0 radical (unpaired) electrons. The first-order valence-electron chi connectivity index (χ1n) is 32.5. The van der Waals surface area contributed by atoms with Gasteiger partial charge in [0.05, 0.1) is 37.3 Å². The molecule has 0 heterocycles. The molecular weight excluding hydrogens is 1080 g/mol. The van der Waals surface area contributed by atoms with Gasteiger partial charge in [0, 0.05) is 13.2 Å². The van der Waals surface area contributed by atoms with Crippen LogP contribution >= 0.6 is 0 Å². The zero-order chi connectivity index (χ0) is 61.0. The Morgan fingerprint density at radius 2 is 0.625 bits per heavy atom. The molecule has 6 nitrogen and oxygen atoms in total. The van der Waals surface area contributed by atoms with Gasteiger partial charge in [0.2, 0.25) is 0 Å². The second kappa shape index (κ2) is 28.3. The minimum atomic E-state index is -0.515. The Kier molecular flexibility index (Phi) is 19.8. The average molecular weight is 1170 g/mol. The molecule has 0 unspecified atom stereocenters. The average Bonchev–Trinajstić information content (AvgIpc) is 1.77. The molecule has 2 aliphatic rings. The molecule has 0 aromatic heterocycles. The molecule has 0 amide bonds. The molecule has 12 rings (SSSR count). The van der Waals surface area contributed by atoms with Crippen molar-refractivity contribution in [1.29, 1.82) is 0 Å². The number of fused-ring (bicyclic) bond motifs is 10. The molecule has 0 bridgehead atoms. The number of hydrogen-bond acceptors (Lipinski definition) is 6. The maximum atomic E-state index is 6.20. The highest BCUT2D eigenvalue weighted by atomic mass is 16.5. The molecule has 0 spiro atoms. The summed E-state index contributed by atoms with van der Waals surface area (Å²) in [6, 6.07) is 71.6. The molecule has 0 saturated carbocycles. The molecule has 0 atom stereocenters. The van der Waals surface area contributed by atoms with Crippen LogP contribution in [0.5, 0.6) is 23.0 Å². The first kappa shape index (κ1) is 61.5. The first-order valence-corrected chi connectivity index (χ1v) is 32.5. The Labute approximate surface area is 523 Å². The maximum Gasteiger partial charge on any atom is 0.119 e. The van der Waals surface area contributed by atoms with Crippen LogP contribution in [-0.4, -0.2) is 52.9 Å². The fourth-order valence-corrected chi connectivity index (χ4v) is 13.9. The van der Waals surface area contributed by atoms with Gasteiger partial charge in [-0.1, -0.05) is 209 Å². The number of ether oxygens (including phenoxy) is 6. The molecule has 88 heavy (non-hydrogen) atoms. The van der Waals surface area contributed by atoms with Crippen LogP contribution in [0.4, 0.5) is 0 Å². The third-order valence-electron chi connectivity index (χ3n) is 18.1. The van der Waals surface area contributed by atoms with Gasteiger partial charge in [-0.25, -0.2) is 0 Å². The number of aryl methyl sites for hydroxylation is 4. The lowest BCUT2D eigenvalue weighted by molar-refractivity contribution is 0.110.